The maximum absolute atomic E-state index is 5.80. The lowest BCUT2D eigenvalue weighted by Gasteiger charge is -2.24. The van der Waals surface area contributed by atoms with Crippen LogP contribution < -0.4 is 5.73 Å². The number of nitrogens with zero attached hydrogens (tertiary/aromatic N) is 1. The van der Waals surface area contributed by atoms with Crippen LogP contribution in [0.15, 0.2) is 10.3 Å². The lowest BCUT2D eigenvalue weighted by atomic mass is 10.4. The first-order valence-electron chi connectivity index (χ1n) is 4.62. The number of thiophene rings is 1. The molecule has 1 aliphatic rings. The zero-order chi connectivity index (χ0) is 9.97. The molecule has 14 heavy (non-hydrogen) atoms. The minimum atomic E-state index is 0.840. The van der Waals surface area contributed by atoms with Crippen LogP contribution in [0.3, 0.4) is 0 Å². The van der Waals surface area contributed by atoms with E-state index < -0.39 is 0 Å². The number of hydrogen-bond donors (Lipinski definition) is 1. The van der Waals surface area contributed by atoms with Gasteiger partial charge in [0.25, 0.3) is 0 Å². The van der Waals surface area contributed by atoms with E-state index in [1.807, 2.05) is 0 Å². The Morgan fingerprint density at radius 2 is 2.21 bits per heavy atom. The minimum Gasteiger partial charge on any atom is -0.398 e. The number of nitrogen functional groups attached to an aromatic ring is 1. The largest absolute Gasteiger partial charge is 0.398 e. The molecule has 0 spiro atoms. The van der Waals surface area contributed by atoms with Crippen molar-refractivity contribution < 1.29 is 4.74 Å². The lowest BCUT2D eigenvalue weighted by molar-refractivity contribution is 0.0774. The fourth-order valence-corrected chi connectivity index (χ4v) is 3.55. The number of morpholine rings is 1. The summed E-state index contributed by atoms with van der Waals surface area (Å²) in [5.74, 6) is 0. The summed E-state index contributed by atoms with van der Waals surface area (Å²) < 4.78 is 8.90. The van der Waals surface area contributed by atoms with E-state index >= 15 is 0 Å². The molecule has 0 amide bonds. The fourth-order valence-electron chi connectivity index (χ4n) is 1.28. The molecule has 1 aromatic rings. The molecule has 0 aromatic carbocycles. The molecule has 2 rings (SSSR count). The molecule has 0 bridgehead atoms. The highest BCUT2D eigenvalue weighted by Crippen LogP contribution is 2.33. The second kappa shape index (κ2) is 4.53. The van der Waals surface area contributed by atoms with Crippen LogP contribution in [0.1, 0.15) is 4.88 Å². The summed E-state index contributed by atoms with van der Waals surface area (Å²) in [5, 5.41) is 0. The highest BCUT2D eigenvalue weighted by molar-refractivity contribution is 7.99. The van der Waals surface area contributed by atoms with E-state index in [2.05, 4.69) is 17.3 Å². The van der Waals surface area contributed by atoms with Gasteiger partial charge in [-0.1, -0.05) is 0 Å². The highest BCUT2D eigenvalue weighted by atomic mass is 32.2. The van der Waals surface area contributed by atoms with E-state index in [0.717, 1.165) is 32.0 Å². The number of anilines is 1. The first-order valence-corrected chi connectivity index (χ1v) is 6.21. The zero-order valence-electron chi connectivity index (χ0n) is 8.16. The van der Waals surface area contributed by atoms with Crippen molar-refractivity contribution in [2.24, 2.45) is 0 Å². The quantitative estimate of drug-likeness (QED) is 0.788. The van der Waals surface area contributed by atoms with Gasteiger partial charge in [-0.15, -0.1) is 11.3 Å². The number of aryl methyl sites for hydroxylation is 1. The van der Waals surface area contributed by atoms with Crippen molar-refractivity contribution in [3.63, 3.8) is 0 Å². The fraction of sp³-hybridized carbons (Fsp3) is 0.556. The van der Waals surface area contributed by atoms with Gasteiger partial charge in [-0.2, -0.15) is 0 Å². The predicted molar refractivity (Wildman–Crippen MR) is 61.7 cm³/mol. The molecular formula is C9H14N2OS2. The van der Waals surface area contributed by atoms with Gasteiger partial charge < -0.3 is 10.5 Å². The molecular weight excluding hydrogens is 216 g/mol. The first kappa shape index (κ1) is 10.3. The molecule has 1 aliphatic heterocycles. The van der Waals surface area contributed by atoms with Gasteiger partial charge in [0.15, 0.2) is 0 Å². The first-order chi connectivity index (χ1) is 6.75. The Kier molecular flexibility index (Phi) is 3.33. The average molecular weight is 230 g/mol. The lowest BCUT2D eigenvalue weighted by Crippen LogP contribution is -2.30. The summed E-state index contributed by atoms with van der Waals surface area (Å²) in [6.07, 6.45) is 0. The summed E-state index contributed by atoms with van der Waals surface area (Å²) in [6, 6.07) is 2.06. The standard InChI is InChI=1S/C9H14N2OS2/c1-7-8(10)6-9(13-7)14-11-2-4-12-5-3-11/h6H,2-5,10H2,1H3. The molecule has 0 aliphatic carbocycles. The topological polar surface area (TPSA) is 38.5 Å². The Morgan fingerprint density at radius 3 is 2.79 bits per heavy atom. The van der Waals surface area contributed by atoms with Crippen molar-refractivity contribution in [2.45, 2.75) is 11.1 Å². The van der Waals surface area contributed by atoms with Crippen molar-refractivity contribution in [1.29, 1.82) is 0 Å². The van der Waals surface area contributed by atoms with Gasteiger partial charge in [0.1, 0.15) is 0 Å². The summed E-state index contributed by atoms with van der Waals surface area (Å²) in [5.41, 5.74) is 6.71. The number of ether oxygens (including phenoxy) is 1. The molecule has 0 saturated carbocycles. The van der Waals surface area contributed by atoms with Gasteiger partial charge in [-0.05, 0) is 24.9 Å². The SMILES string of the molecule is Cc1sc(SN2CCOCC2)cc1N. The smallest absolute Gasteiger partial charge is 0.0777 e. The molecule has 0 unspecified atom stereocenters. The normalized spacial score (nSPS) is 18.6. The molecule has 1 fully saturated rings. The van der Waals surface area contributed by atoms with Crippen LogP contribution in [0.5, 0.6) is 0 Å². The van der Waals surface area contributed by atoms with E-state index in [1.165, 1.54) is 9.09 Å². The zero-order valence-corrected chi connectivity index (χ0v) is 9.79. The monoisotopic (exact) mass is 230 g/mol. The van der Waals surface area contributed by atoms with Gasteiger partial charge in [0.05, 0.1) is 17.4 Å². The molecule has 2 N–H and O–H groups in total. The maximum Gasteiger partial charge on any atom is 0.0777 e. The van der Waals surface area contributed by atoms with Gasteiger partial charge in [-0.25, -0.2) is 4.31 Å². The Labute approximate surface area is 92.4 Å². The number of rotatable bonds is 2. The van der Waals surface area contributed by atoms with Crippen LogP contribution in [-0.4, -0.2) is 30.6 Å². The molecule has 2 heterocycles. The highest BCUT2D eigenvalue weighted by Gasteiger charge is 2.13. The molecule has 1 aromatic heterocycles. The van der Waals surface area contributed by atoms with Crippen molar-refractivity contribution in [1.82, 2.24) is 4.31 Å². The van der Waals surface area contributed by atoms with Crippen LogP contribution in [0, 0.1) is 6.92 Å². The summed E-state index contributed by atoms with van der Waals surface area (Å²) in [7, 11) is 0. The van der Waals surface area contributed by atoms with Crippen LogP contribution >= 0.6 is 23.3 Å². The van der Waals surface area contributed by atoms with Gasteiger partial charge >= 0.3 is 0 Å². The minimum absolute atomic E-state index is 0.840. The van der Waals surface area contributed by atoms with E-state index in [0.29, 0.717) is 0 Å². The van der Waals surface area contributed by atoms with E-state index in [-0.39, 0.29) is 0 Å². The van der Waals surface area contributed by atoms with E-state index in [4.69, 9.17) is 10.5 Å². The second-order valence-electron chi connectivity index (χ2n) is 3.21. The Morgan fingerprint density at radius 1 is 1.50 bits per heavy atom. The van der Waals surface area contributed by atoms with Gasteiger partial charge in [0.2, 0.25) is 0 Å². The molecule has 1 saturated heterocycles. The summed E-state index contributed by atoms with van der Waals surface area (Å²) in [4.78, 5) is 1.21. The Hall–Kier alpha value is -0.230. The third-order valence-corrected chi connectivity index (χ3v) is 4.38. The van der Waals surface area contributed by atoms with Crippen molar-refractivity contribution in [2.75, 3.05) is 32.0 Å². The molecule has 0 atom stereocenters. The number of nitrogens with two attached hydrogens (primary N) is 1. The molecule has 78 valence electrons. The number of hydrogen-bond acceptors (Lipinski definition) is 5. The average Bonchev–Trinajstić information content (AvgIpc) is 2.47. The van der Waals surface area contributed by atoms with Crippen LogP contribution in [0.4, 0.5) is 5.69 Å². The molecule has 5 heteroatoms. The van der Waals surface area contributed by atoms with Crippen molar-refractivity contribution in [3.05, 3.63) is 10.9 Å². The van der Waals surface area contributed by atoms with E-state index in [9.17, 15) is 0 Å². The second-order valence-corrected chi connectivity index (χ2v) is 5.86. The Balaban J connectivity index is 1.95. The van der Waals surface area contributed by atoms with Crippen molar-refractivity contribution in [3.8, 4) is 0 Å². The third kappa shape index (κ3) is 2.42. The summed E-state index contributed by atoms with van der Waals surface area (Å²) in [6.45, 7) is 5.74. The molecule has 0 radical (unpaired) electrons. The van der Waals surface area contributed by atoms with Crippen LogP contribution in [0.2, 0.25) is 0 Å². The van der Waals surface area contributed by atoms with Crippen LogP contribution in [0.25, 0.3) is 0 Å². The summed E-state index contributed by atoms with van der Waals surface area (Å²) >= 11 is 3.55. The van der Waals surface area contributed by atoms with Gasteiger partial charge in [-0.3, -0.25) is 0 Å². The van der Waals surface area contributed by atoms with Crippen LogP contribution in [-0.2, 0) is 4.74 Å². The predicted octanol–water partition coefficient (Wildman–Crippen LogP) is 1.98. The molecule has 3 nitrogen and oxygen atoms in total. The Bertz CT molecular complexity index is 288. The van der Waals surface area contributed by atoms with E-state index in [1.54, 1.807) is 23.3 Å². The third-order valence-electron chi connectivity index (χ3n) is 2.12. The maximum atomic E-state index is 5.80. The van der Waals surface area contributed by atoms with Crippen molar-refractivity contribution >= 4 is 29.0 Å². The van der Waals surface area contributed by atoms with Gasteiger partial charge in [0, 0.05) is 23.7 Å².